The Hall–Kier alpha value is -1.30. The van der Waals surface area contributed by atoms with Gasteiger partial charge >= 0.3 is 6.09 Å². The Morgan fingerprint density at radius 2 is 2.13 bits per heavy atom. The van der Waals surface area contributed by atoms with Crippen molar-refractivity contribution in [3.63, 3.8) is 0 Å². The first kappa shape index (κ1) is 13.7. The number of carbonyl (C=O) groups excluding carboxylic acids is 2. The van der Waals surface area contributed by atoms with Gasteiger partial charge in [0.2, 0.25) is 5.91 Å². The molecule has 0 rings (SSSR count). The van der Waals surface area contributed by atoms with Crippen LogP contribution in [0.3, 0.4) is 0 Å². The number of hydrogen-bond acceptors (Lipinski definition) is 4. The van der Waals surface area contributed by atoms with Crippen LogP contribution in [0, 0.1) is 0 Å². The van der Waals surface area contributed by atoms with Gasteiger partial charge in [0.1, 0.15) is 6.61 Å². The molecule has 0 heterocycles. The fourth-order valence-electron chi connectivity index (χ4n) is 1.01. The van der Waals surface area contributed by atoms with Gasteiger partial charge in [0, 0.05) is 0 Å². The molecule has 0 bridgehead atoms. The Morgan fingerprint density at radius 3 is 2.67 bits per heavy atom. The van der Waals surface area contributed by atoms with E-state index in [9.17, 15) is 9.59 Å². The lowest BCUT2D eigenvalue weighted by atomic mass is 10.1. The molecule has 1 atom stereocenters. The minimum atomic E-state index is -0.848. The van der Waals surface area contributed by atoms with E-state index in [4.69, 9.17) is 11.5 Å². The molecule has 0 saturated heterocycles. The van der Waals surface area contributed by atoms with Crippen LogP contribution in [0.4, 0.5) is 4.79 Å². The van der Waals surface area contributed by atoms with Crippen LogP contribution < -0.4 is 16.8 Å². The molecule has 5 N–H and O–H groups in total. The molecule has 0 aliphatic carbocycles. The number of primary amides is 1. The van der Waals surface area contributed by atoms with Crippen molar-refractivity contribution >= 4 is 12.0 Å². The zero-order valence-corrected chi connectivity index (χ0v) is 8.99. The zero-order valence-electron chi connectivity index (χ0n) is 8.99. The summed E-state index contributed by atoms with van der Waals surface area (Å²) in [5.74, 6) is -0.225. The van der Waals surface area contributed by atoms with Gasteiger partial charge in [0.25, 0.3) is 0 Å². The van der Waals surface area contributed by atoms with Crippen molar-refractivity contribution in [3.05, 3.63) is 0 Å². The average Bonchev–Trinajstić information content (AvgIpc) is 2.20. The van der Waals surface area contributed by atoms with Crippen LogP contribution >= 0.6 is 0 Å². The molecule has 2 amide bonds. The predicted octanol–water partition coefficient (Wildman–Crippen LogP) is -0.285. The molecule has 0 aliphatic heterocycles. The molecule has 1 unspecified atom stereocenters. The molecule has 15 heavy (non-hydrogen) atoms. The third-order valence-electron chi connectivity index (χ3n) is 1.85. The summed E-state index contributed by atoms with van der Waals surface area (Å²) in [6, 6.07) is -0.487. The fourth-order valence-corrected chi connectivity index (χ4v) is 1.01. The monoisotopic (exact) mass is 217 g/mol. The predicted molar refractivity (Wildman–Crippen MR) is 56.0 cm³/mol. The van der Waals surface area contributed by atoms with E-state index in [1.54, 1.807) is 0 Å². The summed E-state index contributed by atoms with van der Waals surface area (Å²) in [7, 11) is 0. The van der Waals surface area contributed by atoms with Gasteiger partial charge in [-0.3, -0.25) is 4.79 Å². The molecule has 0 radical (unpaired) electrons. The first-order valence-electron chi connectivity index (χ1n) is 5.03. The molecular weight excluding hydrogens is 198 g/mol. The molecule has 6 nitrogen and oxygen atoms in total. The van der Waals surface area contributed by atoms with Gasteiger partial charge < -0.3 is 21.5 Å². The smallest absolute Gasteiger partial charge is 0.404 e. The van der Waals surface area contributed by atoms with Gasteiger partial charge in [-0.05, 0) is 6.42 Å². The molecule has 0 aromatic rings. The van der Waals surface area contributed by atoms with E-state index in [0.717, 1.165) is 12.8 Å². The highest BCUT2D eigenvalue weighted by Gasteiger charge is 2.11. The van der Waals surface area contributed by atoms with Gasteiger partial charge in [-0.25, -0.2) is 4.79 Å². The number of nitrogens with two attached hydrogens (primary N) is 2. The molecule has 0 aromatic heterocycles. The molecule has 0 fully saturated rings. The Morgan fingerprint density at radius 1 is 1.47 bits per heavy atom. The average molecular weight is 217 g/mol. The van der Waals surface area contributed by atoms with Gasteiger partial charge in [-0.1, -0.05) is 19.8 Å². The topological polar surface area (TPSA) is 107 Å². The van der Waals surface area contributed by atoms with E-state index in [1.807, 2.05) is 6.92 Å². The van der Waals surface area contributed by atoms with Crippen LogP contribution in [0.25, 0.3) is 0 Å². The van der Waals surface area contributed by atoms with Crippen LogP contribution in [0.5, 0.6) is 0 Å². The number of hydrogen-bond donors (Lipinski definition) is 3. The Balaban J connectivity index is 3.51. The second-order valence-electron chi connectivity index (χ2n) is 3.21. The van der Waals surface area contributed by atoms with E-state index in [1.165, 1.54) is 0 Å². The highest BCUT2D eigenvalue weighted by molar-refractivity contribution is 5.81. The highest BCUT2D eigenvalue weighted by Crippen LogP contribution is 1.97. The van der Waals surface area contributed by atoms with Crippen molar-refractivity contribution in [1.29, 1.82) is 0 Å². The number of amides is 2. The summed E-state index contributed by atoms with van der Waals surface area (Å²) in [5, 5.41) is 2.55. The summed E-state index contributed by atoms with van der Waals surface area (Å²) >= 11 is 0. The third kappa shape index (κ3) is 7.75. The fraction of sp³-hybridized carbons (Fsp3) is 0.778. The zero-order chi connectivity index (χ0) is 11.7. The maximum Gasteiger partial charge on any atom is 0.404 e. The van der Waals surface area contributed by atoms with Crippen LogP contribution in [-0.2, 0) is 9.53 Å². The number of carbonyl (C=O) groups is 2. The molecule has 0 spiro atoms. The number of ether oxygens (including phenoxy) is 1. The van der Waals surface area contributed by atoms with E-state index in [-0.39, 0.29) is 19.1 Å². The second-order valence-corrected chi connectivity index (χ2v) is 3.21. The number of nitrogens with one attached hydrogen (secondary N) is 1. The minimum absolute atomic E-state index is 0.0710. The highest BCUT2D eigenvalue weighted by atomic mass is 16.5. The molecule has 6 heteroatoms. The minimum Gasteiger partial charge on any atom is -0.448 e. The van der Waals surface area contributed by atoms with E-state index < -0.39 is 12.1 Å². The second kappa shape index (κ2) is 8.05. The van der Waals surface area contributed by atoms with E-state index in [0.29, 0.717) is 6.42 Å². The third-order valence-corrected chi connectivity index (χ3v) is 1.85. The Bertz CT molecular complexity index is 209. The maximum atomic E-state index is 11.3. The maximum absolute atomic E-state index is 11.3. The molecule has 0 aromatic carbocycles. The molecule has 0 saturated carbocycles. The van der Waals surface area contributed by atoms with Crippen molar-refractivity contribution in [3.8, 4) is 0 Å². The summed E-state index contributed by atoms with van der Waals surface area (Å²) in [4.78, 5) is 21.5. The van der Waals surface area contributed by atoms with Crippen molar-refractivity contribution in [2.45, 2.75) is 32.2 Å². The van der Waals surface area contributed by atoms with Crippen molar-refractivity contribution in [2.24, 2.45) is 11.5 Å². The first-order chi connectivity index (χ1) is 7.07. The molecular formula is C9H19N3O3. The van der Waals surface area contributed by atoms with Gasteiger partial charge in [-0.2, -0.15) is 0 Å². The molecule has 0 aliphatic rings. The normalized spacial score (nSPS) is 11.9. The lowest BCUT2D eigenvalue weighted by Crippen LogP contribution is -2.42. The van der Waals surface area contributed by atoms with Crippen LogP contribution in [-0.4, -0.2) is 31.2 Å². The quantitative estimate of drug-likeness (QED) is 0.509. The van der Waals surface area contributed by atoms with Crippen LogP contribution in [0.1, 0.15) is 26.2 Å². The van der Waals surface area contributed by atoms with Gasteiger partial charge in [0.05, 0.1) is 12.6 Å². The molecule has 88 valence electrons. The van der Waals surface area contributed by atoms with Gasteiger partial charge in [-0.15, -0.1) is 0 Å². The summed E-state index contributed by atoms with van der Waals surface area (Å²) < 4.78 is 4.44. The SMILES string of the molecule is CCCCC(N)C(=O)NCCOC(N)=O. The van der Waals surface area contributed by atoms with Gasteiger partial charge in [0.15, 0.2) is 0 Å². The van der Waals surface area contributed by atoms with Crippen molar-refractivity contribution in [2.75, 3.05) is 13.2 Å². The first-order valence-corrected chi connectivity index (χ1v) is 5.03. The van der Waals surface area contributed by atoms with Crippen molar-refractivity contribution in [1.82, 2.24) is 5.32 Å². The largest absolute Gasteiger partial charge is 0.448 e. The number of unbranched alkanes of at least 4 members (excludes halogenated alkanes) is 1. The van der Waals surface area contributed by atoms with Crippen molar-refractivity contribution < 1.29 is 14.3 Å². The number of rotatable bonds is 7. The summed E-state index contributed by atoms with van der Waals surface area (Å²) in [6.45, 7) is 2.34. The van der Waals surface area contributed by atoms with E-state index in [2.05, 4.69) is 10.1 Å². The lowest BCUT2D eigenvalue weighted by Gasteiger charge is -2.11. The summed E-state index contributed by atoms with van der Waals surface area (Å²) in [6.07, 6.45) is 1.75. The Labute approximate surface area is 89.3 Å². The summed E-state index contributed by atoms with van der Waals surface area (Å²) in [5.41, 5.74) is 10.3. The lowest BCUT2D eigenvalue weighted by molar-refractivity contribution is -0.122. The van der Waals surface area contributed by atoms with Crippen LogP contribution in [0.15, 0.2) is 0 Å². The van der Waals surface area contributed by atoms with Crippen LogP contribution in [0.2, 0.25) is 0 Å². The standard InChI is InChI=1S/C9H19N3O3/c1-2-3-4-7(10)8(13)12-5-6-15-9(11)14/h7H,2-6,10H2,1H3,(H2,11,14)(H,12,13). The Kier molecular flexibility index (Phi) is 7.35. The van der Waals surface area contributed by atoms with E-state index >= 15 is 0 Å².